The zero-order chi connectivity index (χ0) is 11.0. The summed E-state index contributed by atoms with van der Waals surface area (Å²) in [6.45, 7) is 4.06. The molecular weight excluding hydrogens is 256 g/mol. The molecule has 0 aliphatic carbocycles. The second kappa shape index (κ2) is 3.77. The molecule has 78 valence electrons. The molecule has 0 saturated heterocycles. The van der Waals surface area contributed by atoms with Crippen molar-refractivity contribution >= 4 is 27.9 Å². The van der Waals surface area contributed by atoms with E-state index in [1.165, 1.54) is 0 Å². The van der Waals surface area contributed by atoms with Crippen LogP contribution in [0.1, 0.15) is 35.9 Å². The molecule has 2 aromatic rings. The maximum Gasteiger partial charge on any atom is 0.168 e. The van der Waals surface area contributed by atoms with Gasteiger partial charge in [0.2, 0.25) is 0 Å². The summed E-state index contributed by atoms with van der Waals surface area (Å²) in [7, 11) is 0. The van der Waals surface area contributed by atoms with Gasteiger partial charge in [-0.3, -0.25) is 9.20 Å². The predicted octanol–water partition coefficient (Wildman–Crippen LogP) is 3.03. The van der Waals surface area contributed by atoms with Crippen molar-refractivity contribution < 1.29 is 4.79 Å². The number of fused-ring (bicyclic) bond motifs is 1. The molecule has 2 heterocycles. The van der Waals surface area contributed by atoms with Gasteiger partial charge >= 0.3 is 0 Å². The Kier molecular flexibility index (Phi) is 2.61. The molecule has 0 aliphatic heterocycles. The van der Waals surface area contributed by atoms with Crippen LogP contribution < -0.4 is 0 Å². The van der Waals surface area contributed by atoms with Gasteiger partial charge in [0, 0.05) is 10.7 Å². The number of aromatic nitrogens is 2. The molecule has 0 saturated carbocycles. The molecule has 2 aromatic heterocycles. The molecule has 0 unspecified atom stereocenters. The van der Waals surface area contributed by atoms with Crippen LogP contribution in [0.3, 0.4) is 0 Å². The van der Waals surface area contributed by atoms with Crippen LogP contribution in [0.4, 0.5) is 0 Å². The van der Waals surface area contributed by atoms with E-state index in [0.717, 1.165) is 22.1 Å². The first-order chi connectivity index (χ1) is 7.13. The van der Waals surface area contributed by atoms with Crippen LogP contribution in [0.2, 0.25) is 0 Å². The Balaban J connectivity index is 2.79. The van der Waals surface area contributed by atoms with Crippen molar-refractivity contribution in [2.75, 3.05) is 0 Å². The van der Waals surface area contributed by atoms with Gasteiger partial charge in [0.05, 0.1) is 5.69 Å². The highest BCUT2D eigenvalue weighted by molar-refractivity contribution is 9.10. The summed E-state index contributed by atoms with van der Waals surface area (Å²) in [5, 5.41) is 0. The van der Waals surface area contributed by atoms with Crippen LogP contribution in [0.25, 0.3) is 5.65 Å². The fraction of sp³-hybridized carbons (Fsp3) is 0.273. The van der Waals surface area contributed by atoms with Crippen LogP contribution >= 0.6 is 15.9 Å². The number of rotatable bonds is 2. The molecule has 0 spiro atoms. The lowest BCUT2D eigenvalue weighted by atomic mass is 10.1. The van der Waals surface area contributed by atoms with Crippen LogP contribution in [0.15, 0.2) is 22.8 Å². The molecule has 0 fully saturated rings. The lowest BCUT2D eigenvalue weighted by Crippen LogP contribution is -1.96. The highest BCUT2D eigenvalue weighted by atomic mass is 79.9. The first-order valence-corrected chi connectivity index (χ1v) is 5.55. The molecule has 0 bridgehead atoms. The summed E-state index contributed by atoms with van der Waals surface area (Å²) in [5.41, 5.74) is 2.30. The summed E-state index contributed by atoms with van der Waals surface area (Å²) in [6, 6.07) is 3.81. The number of hydrogen-bond acceptors (Lipinski definition) is 2. The molecule has 0 aliphatic rings. The van der Waals surface area contributed by atoms with Gasteiger partial charge in [0.25, 0.3) is 0 Å². The highest BCUT2D eigenvalue weighted by Crippen LogP contribution is 2.21. The Hall–Kier alpha value is -1.16. The van der Waals surface area contributed by atoms with E-state index in [1.54, 1.807) is 0 Å². The third-order valence-corrected chi connectivity index (χ3v) is 2.78. The van der Waals surface area contributed by atoms with E-state index >= 15 is 0 Å². The lowest BCUT2D eigenvalue weighted by Gasteiger charge is -2.00. The molecule has 0 aromatic carbocycles. The van der Waals surface area contributed by atoms with Gasteiger partial charge in [-0.1, -0.05) is 13.8 Å². The summed E-state index contributed by atoms with van der Waals surface area (Å²) in [4.78, 5) is 15.5. The lowest BCUT2D eigenvalue weighted by molar-refractivity contribution is 0.111. The topological polar surface area (TPSA) is 34.4 Å². The number of pyridine rings is 1. The molecule has 2 rings (SSSR count). The first-order valence-electron chi connectivity index (χ1n) is 4.76. The zero-order valence-corrected chi connectivity index (χ0v) is 10.2. The van der Waals surface area contributed by atoms with Gasteiger partial charge in [-0.05, 0) is 34.0 Å². The molecule has 15 heavy (non-hydrogen) atoms. The Morgan fingerprint density at radius 1 is 1.47 bits per heavy atom. The SMILES string of the molecule is CC(C)c1nc2ccc(Br)cn2c1C=O. The molecular formula is C11H11BrN2O. The van der Waals surface area contributed by atoms with Crippen molar-refractivity contribution in [1.29, 1.82) is 0 Å². The summed E-state index contributed by atoms with van der Waals surface area (Å²) in [6.07, 6.45) is 2.72. The van der Waals surface area contributed by atoms with Crippen LogP contribution in [0.5, 0.6) is 0 Å². The minimum absolute atomic E-state index is 0.254. The summed E-state index contributed by atoms with van der Waals surface area (Å²) >= 11 is 3.38. The minimum atomic E-state index is 0.254. The number of nitrogens with zero attached hydrogens (tertiary/aromatic N) is 2. The monoisotopic (exact) mass is 266 g/mol. The van der Waals surface area contributed by atoms with Crippen molar-refractivity contribution in [1.82, 2.24) is 9.38 Å². The Morgan fingerprint density at radius 3 is 2.80 bits per heavy atom. The van der Waals surface area contributed by atoms with E-state index in [9.17, 15) is 4.79 Å². The third-order valence-electron chi connectivity index (χ3n) is 2.31. The maximum atomic E-state index is 11.0. The summed E-state index contributed by atoms with van der Waals surface area (Å²) in [5.74, 6) is 0.254. The third kappa shape index (κ3) is 1.69. The largest absolute Gasteiger partial charge is 0.296 e. The number of carbonyl (C=O) groups is 1. The van der Waals surface area contributed by atoms with E-state index in [4.69, 9.17) is 0 Å². The number of imidazole rings is 1. The number of aldehydes is 1. The van der Waals surface area contributed by atoms with Crippen molar-refractivity contribution in [2.24, 2.45) is 0 Å². The van der Waals surface area contributed by atoms with Gasteiger partial charge in [-0.2, -0.15) is 0 Å². The van der Waals surface area contributed by atoms with Crippen molar-refractivity contribution in [3.8, 4) is 0 Å². The van der Waals surface area contributed by atoms with Gasteiger partial charge in [-0.25, -0.2) is 4.98 Å². The van der Waals surface area contributed by atoms with Crippen molar-refractivity contribution in [2.45, 2.75) is 19.8 Å². The highest BCUT2D eigenvalue weighted by Gasteiger charge is 2.13. The molecule has 0 N–H and O–H groups in total. The second-order valence-corrected chi connectivity index (χ2v) is 4.65. The maximum absolute atomic E-state index is 11.0. The van der Waals surface area contributed by atoms with E-state index in [0.29, 0.717) is 5.69 Å². The molecule has 0 atom stereocenters. The van der Waals surface area contributed by atoms with Gasteiger partial charge < -0.3 is 0 Å². The average molecular weight is 267 g/mol. The van der Waals surface area contributed by atoms with Gasteiger partial charge in [0.15, 0.2) is 6.29 Å². The van der Waals surface area contributed by atoms with E-state index in [-0.39, 0.29) is 5.92 Å². The second-order valence-electron chi connectivity index (χ2n) is 3.73. The quantitative estimate of drug-likeness (QED) is 0.784. The Labute approximate surface area is 96.3 Å². The number of hydrogen-bond donors (Lipinski definition) is 0. The molecule has 4 heteroatoms. The van der Waals surface area contributed by atoms with Crippen LogP contribution in [-0.4, -0.2) is 15.7 Å². The van der Waals surface area contributed by atoms with E-state index in [1.807, 2.05) is 36.6 Å². The standard InChI is InChI=1S/C11H11BrN2O/c1-7(2)11-9(6-15)14-5-8(12)3-4-10(14)13-11/h3-7H,1-2H3. The number of halogens is 1. The summed E-state index contributed by atoms with van der Waals surface area (Å²) < 4.78 is 2.75. The first kappa shape index (κ1) is 10.4. The molecule has 0 radical (unpaired) electrons. The van der Waals surface area contributed by atoms with Crippen LogP contribution in [0, 0.1) is 0 Å². The van der Waals surface area contributed by atoms with Crippen molar-refractivity contribution in [3.63, 3.8) is 0 Å². The predicted molar refractivity (Wildman–Crippen MR) is 62.4 cm³/mol. The van der Waals surface area contributed by atoms with Gasteiger partial charge in [0.1, 0.15) is 11.3 Å². The smallest absolute Gasteiger partial charge is 0.168 e. The Morgan fingerprint density at radius 2 is 2.20 bits per heavy atom. The van der Waals surface area contributed by atoms with Crippen LogP contribution in [-0.2, 0) is 0 Å². The number of carbonyl (C=O) groups excluding carboxylic acids is 1. The fourth-order valence-corrected chi connectivity index (χ4v) is 1.93. The zero-order valence-electron chi connectivity index (χ0n) is 8.57. The van der Waals surface area contributed by atoms with Crippen molar-refractivity contribution in [3.05, 3.63) is 34.2 Å². The van der Waals surface area contributed by atoms with E-state index < -0.39 is 0 Å². The fourth-order valence-electron chi connectivity index (χ4n) is 1.60. The van der Waals surface area contributed by atoms with Gasteiger partial charge in [-0.15, -0.1) is 0 Å². The molecule has 3 nitrogen and oxygen atoms in total. The Bertz CT molecular complexity index is 517. The van der Waals surface area contributed by atoms with E-state index in [2.05, 4.69) is 20.9 Å². The molecule has 0 amide bonds. The average Bonchev–Trinajstić information content (AvgIpc) is 2.55. The normalized spacial score (nSPS) is 11.2. The minimum Gasteiger partial charge on any atom is -0.296 e.